The van der Waals surface area contributed by atoms with Gasteiger partial charge in [0.15, 0.2) is 0 Å². The highest BCUT2D eigenvalue weighted by Gasteiger charge is 2.10. The molecule has 0 fully saturated rings. The van der Waals surface area contributed by atoms with Gasteiger partial charge < -0.3 is 10.6 Å². The molecule has 2 rings (SSSR count). The molecule has 1 aromatic carbocycles. The molecule has 2 aromatic rings. The summed E-state index contributed by atoms with van der Waals surface area (Å²) in [5, 5.41) is 10.1. The van der Waals surface area contributed by atoms with E-state index in [1.807, 2.05) is 56.2 Å². The first kappa shape index (κ1) is 14.1. The first-order valence-electron chi connectivity index (χ1n) is 6.66. The lowest BCUT2D eigenvalue weighted by Gasteiger charge is -2.10. The van der Waals surface area contributed by atoms with Gasteiger partial charge in [-0.2, -0.15) is 5.10 Å². The number of benzene rings is 1. The SMILES string of the molecule is CNc1ccc(C)cc1C(=O)NCCn1cc(C)cn1. The molecular formula is C15H20N4O. The summed E-state index contributed by atoms with van der Waals surface area (Å²) >= 11 is 0. The number of aryl methyl sites for hydroxylation is 2. The predicted octanol–water partition coefficient (Wildman–Crippen LogP) is 1.97. The lowest BCUT2D eigenvalue weighted by molar-refractivity contribution is 0.0952. The number of anilines is 1. The van der Waals surface area contributed by atoms with Crippen molar-refractivity contribution < 1.29 is 4.79 Å². The Hall–Kier alpha value is -2.30. The fourth-order valence-electron chi connectivity index (χ4n) is 2.03. The Labute approximate surface area is 119 Å². The van der Waals surface area contributed by atoms with Crippen LogP contribution in [0, 0.1) is 13.8 Å². The average molecular weight is 272 g/mol. The Morgan fingerprint density at radius 2 is 2.10 bits per heavy atom. The summed E-state index contributed by atoms with van der Waals surface area (Å²) in [6, 6.07) is 5.79. The summed E-state index contributed by atoms with van der Waals surface area (Å²) in [7, 11) is 1.81. The van der Waals surface area contributed by atoms with Crippen molar-refractivity contribution in [2.45, 2.75) is 20.4 Å². The molecule has 1 aromatic heterocycles. The molecule has 1 amide bonds. The van der Waals surface area contributed by atoms with E-state index < -0.39 is 0 Å². The van der Waals surface area contributed by atoms with Crippen molar-refractivity contribution in [3.05, 3.63) is 47.3 Å². The first-order valence-corrected chi connectivity index (χ1v) is 6.66. The van der Waals surface area contributed by atoms with Crippen molar-refractivity contribution in [3.8, 4) is 0 Å². The number of amides is 1. The van der Waals surface area contributed by atoms with Crippen LogP contribution in [0.3, 0.4) is 0 Å². The summed E-state index contributed by atoms with van der Waals surface area (Å²) in [5.74, 6) is -0.0677. The highest BCUT2D eigenvalue weighted by molar-refractivity contribution is 5.99. The van der Waals surface area contributed by atoms with Gasteiger partial charge in [0, 0.05) is 25.5 Å². The maximum atomic E-state index is 12.2. The molecule has 5 heteroatoms. The molecule has 1 heterocycles. The summed E-state index contributed by atoms with van der Waals surface area (Å²) in [6.07, 6.45) is 3.76. The number of nitrogens with zero attached hydrogens (tertiary/aromatic N) is 2. The van der Waals surface area contributed by atoms with E-state index >= 15 is 0 Å². The summed E-state index contributed by atoms with van der Waals surface area (Å²) in [6.45, 7) is 5.19. The second kappa shape index (κ2) is 6.23. The van der Waals surface area contributed by atoms with Gasteiger partial charge in [0.2, 0.25) is 0 Å². The number of aromatic nitrogens is 2. The van der Waals surface area contributed by atoms with Crippen molar-refractivity contribution >= 4 is 11.6 Å². The minimum atomic E-state index is -0.0677. The molecule has 0 saturated carbocycles. The molecule has 0 unspecified atom stereocenters. The van der Waals surface area contributed by atoms with Gasteiger partial charge in [0.1, 0.15) is 0 Å². The third kappa shape index (κ3) is 3.38. The monoisotopic (exact) mass is 272 g/mol. The van der Waals surface area contributed by atoms with Crippen molar-refractivity contribution in [3.63, 3.8) is 0 Å². The lowest BCUT2D eigenvalue weighted by atomic mass is 10.1. The molecule has 0 aliphatic rings. The van der Waals surface area contributed by atoms with Crippen LogP contribution in [0.1, 0.15) is 21.5 Å². The van der Waals surface area contributed by atoms with Gasteiger partial charge in [-0.3, -0.25) is 9.48 Å². The zero-order chi connectivity index (χ0) is 14.5. The van der Waals surface area contributed by atoms with Crippen LogP contribution in [-0.4, -0.2) is 29.3 Å². The van der Waals surface area contributed by atoms with E-state index in [-0.39, 0.29) is 5.91 Å². The van der Waals surface area contributed by atoms with Crippen LogP contribution in [0.15, 0.2) is 30.6 Å². The number of hydrogen-bond donors (Lipinski definition) is 2. The van der Waals surface area contributed by atoms with Crippen LogP contribution in [0.5, 0.6) is 0 Å². The molecular weight excluding hydrogens is 252 g/mol. The van der Waals surface area contributed by atoms with Crippen LogP contribution in [0.2, 0.25) is 0 Å². The molecule has 0 spiro atoms. The number of rotatable bonds is 5. The van der Waals surface area contributed by atoms with E-state index in [9.17, 15) is 4.79 Å². The topological polar surface area (TPSA) is 59.0 Å². The van der Waals surface area contributed by atoms with Crippen LogP contribution in [0.4, 0.5) is 5.69 Å². The molecule has 0 bridgehead atoms. The minimum Gasteiger partial charge on any atom is -0.387 e. The van der Waals surface area contributed by atoms with Gasteiger partial charge in [-0.05, 0) is 31.5 Å². The first-order chi connectivity index (χ1) is 9.60. The van der Waals surface area contributed by atoms with Gasteiger partial charge >= 0.3 is 0 Å². The molecule has 106 valence electrons. The van der Waals surface area contributed by atoms with E-state index in [4.69, 9.17) is 0 Å². The zero-order valence-electron chi connectivity index (χ0n) is 12.1. The number of carbonyl (C=O) groups is 1. The normalized spacial score (nSPS) is 10.3. The summed E-state index contributed by atoms with van der Waals surface area (Å²) in [4.78, 5) is 12.2. The van der Waals surface area contributed by atoms with Crippen LogP contribution < -0.4 is 10.6 Å². The largest absolute Gasteiger partial charge is 0.387 e. The lowest BCUT2D eigenvalue weighted by Crippen LogP contribution is -2.28. The summed E-state index contributed by atoms with van der Waals surface area (Å²) < 4.78 is 1.82. The van der Waals surface area contributed by atoms with E-state index in [0.717, 1.165) is 16.8 Å². The quantitative estimate of drug-likeness (QED) is 0.875. The van der Waals surface area contributed by atoms with Crippen LogP contribution in [0.25, 0.3) is 0 Å². The van der Waals surface area contributed by atoms with Crippen molar-refractivity contribution in [1.82, 2.24) is 15.1 Å². The van der Waals surface area contributed by atoms with Gasteiger partial charge in [-0.25, -0.2) is 0 Å². The second-order valence-electron chi connectivity index (χ2n) is 4.84. The fourth-order valence-corrected chi connectivity index (χ4v) is 2.03. The molecule has 0 aliphatic carbocycles. The smallest absolute Gasteiger partial charge is 0.253 e. The predicted molar refractivity (Wildman–Crippen MR) is 80.0 cm³/mol. The maximum Gasteiger partial charge on any atom is 0.253 e. The van der Waals surface area contributed by atoms with E-state index in [1.165, 1.54) is 0 Å². The highest BCUT2D eigenvalue weighted by Crippen LogP contribution is 2.16. The minimum absolute atomic E-state index is 0.0677. The molecule has 0 aliphatic heterocycles. The Morgan fingerprint density at radius 1 is 1.30 bits per heavy atom. The second-order valence-corrected chi connectivity index (χ2v) is 4.84. The van der Waals surface area contributed by atoms with Crippen molar-refractivity contribution in [1.29, 1.82) is 0 Å². The number of nitrogens with one attached hydrogen (secondary N) is 2. The molecule has 20 heavy (non-hydrogen) atoms. The third-order valence-electron chi connectivity index (χ3n) is 3.08. The van der Waals surface area contributed by atoms with Gasteiger partial charge in [-0.15, -0.1) is 0 Å². The molecule has 2 N–H and O–H groups in total. The van der Waals surface area contributed by atoms with Crippen molar-refractivity contribution in [2.24, 2.45) is 0 Å². The van der Waals surface area contributed by atoms with E-state index in [1.54, 1.807) is 0 Å². The van der Waals surface area contributed by atoms with Crippen LogP contribution >= 0.6 is 0 Å². The Balaban J connectivity index is 1.96. The van der Waals surface area contributed by atoms with E-state index in [0.29, 0.717) is 18.7 Å². The molecule has 0 radical (unpaired) electrons. The Morgan fingerprint density at radius 3 is 2.75 bits per heavy atom. The molecule has 0 atom stereocenters. The van der Waals surface area contributed by atoms with Crippen molar-refractivity contribution in [2.75, 3.05) is 18.9 Å². The van der Waals surface area contributed by atoms with Gasteiger partial charge in [-0.1, -0.05) is 11.6 Å². The standard InChI is InChI=1S/C15H20N4O/c1-11-4-5-14(16-3)13(8-11)15(20)17-6-7-19-10-12(2)9-18-19/h4-5,8-10,16H,6-7H2,1-3H3,(H,17,20). The van der Waals surface area contributed by atoms with Gasteiger partial charge in [0.25, 0.3) is 5.91 Å². The fraction of sp³-hybridized carbons (Fsp3) is 0.333. The Bertz CT molecular complexity index is 604. The number of hydrogen-bond acceptors (Lipinski definition) is 3. The highest BCUT2D eigenvalue weighted by atomic mass is 16.1. The Kier molecular flexibility index (Phi) is 4.40. The zero-order valence-corrected chi connectivity index (χ0v) is 12.1. The molecule has 5 nitrogen and oxygen atoms in total. The number of carbonyl (C=O) groups excluding carboxylic acids is 1. The third-order valence-corrected chi connectivity index (χ3v) is 3.08. The molecule has 0 saturated heterocycles. The maximum absolute atomic E-state index is 12.2. The van der Waals surface area contributed by atoms with Crippen LogP contribution in [-0.2, 0) is 6.54 Å². The summed E-state index contributed by atoms with van der Waals surface area (Å²) in [5.41, 5.74) is 3.69. The van der Waals surface area contributed by atoms with Gasteiger partial charge in [0.05, 0.1) is 18.3 Å². The average Bonchev–Trinajstić information content (AvgIpc) is 2.84. The van der Waals surface area contributed by atoms with E-state index in [2.05, 4.69) is 15.7 Å².